The number of carbonyl (C=O) groups is 2. The van der Waals surface area contributed by atoms with Gasteiger partial charge in [0, 0.05) is 6.42 Å². The van der Waals surface area contributed by atoms with Crippen LogP contribution in [0, 0.1) is 0 Å². The lowest BCUT2D eigenvalue weighted by molar-refractivity contribution is -0.123. The summed E-state index contributed by atoms with van der Waals surface area (Å²) in [5, 5.41) is 2.60. The van der Waals surface area contributed by atoms with Crippen LogP contribution in [0.3, 0.4) is 0 Å². The Hall–Kier alpha value is -2.19. The van der Waals surface area contributed by atoms with Gasteiger partial charge in [-0.2, -0.15) is 0 Å². The summed E-state index contributed by atoms with van der Waals surface area (Å²) in [6, 6.07) is 5.95. The van der Waals surface area contributed by atoms with Crippen LogP contribution >= 0.6 is 0 Å². The van der Waals surface area contributed by atoms with E-state index in [-0.39, 0.29) is 22.9 Å². The van der Waals surface area contributed by atoms with Gasteiger partial charge in [-0.15, -0.1) is 0 Å². The van der Waals surface area contributed by atoms with E-state index in [0.717, 1.165) is 12.8 Å². The Morgan fingerprint density at radius 2 is 1.84 bits per heavy atom. The van der Waals surface area contributed by atoms with E-state index >= 15 is 0 Å². The second-order valence-electron chi connectivity index (χ2n) is 6.32. The number of allylic oxidation sites excluding steroid dienone is 1. The van der Waals surface area contributed by atoms with E-state index in [1.165, 1.54) is 25.1 Å². The van der Waals surface area contributed by atoms with Crippen molar-refractivity contribution in [3.63, 3.8) is 0 Å². The van der Waals surface area contributed by atoms with Gasteiger partial charge >= 0.3 is 0 Å². The van der Waals surface area contributed by atoms with Crippen molar-refractivity contribution in [3.8, 4) is 0 Å². The molecule has 4 N–H and O–H groups in total. The number of hydrogen-bond acceptors (Lipinski definition) is 5. The Morgan fingerprint density at radius 3 is 2.60 bits per heavy atom. The molecule has 1 aliphatic rings. The monoisotopic (exact) mass is 365 g/mol. The van der Waals surface area contributed by atoms with Crippen LogP contribution in [-0.4, -0.2) is 25.8 Å². The first kappa shape index (κ1) is 19.1. The lowest BCUT2D eigenvalue weighted by Gasteiger charge is -2.22. The molecule has 0 spiro atoms. The van der Waals surface area contributed by atoms with E-state index in [9.17, 15) is 18.0 Å². The Kier molecular flexibility index (Phi) is 5.97. The van der Waals surface area contributed by atoms with E-state index in [2.05, 4.69) is 5.32 Å². The smallest absolute Gasteiger partial charge is 0.266 e. The third kappa shape index (κ3) is 5.14. The fraction of sp³-hybridized carbons (Fsp3) is 0.412. The fourth-order valence-corrected chi connectivity index (χ4v) is 3.65. The van der Waals surface area contributed by atoms with Crippen molar-refractivity contribution in [1.82, 2.24) is 4.72 Å². The average Bonchev–Trinajstić information content (AvgIpc) is 2.53. The van der Waals surface area contributed by atoms with E-state index < -0.39 is 21.5 Å². The molecule has 7 nitrogen and oxygen atoms in total. The molecule has 136 valence electrons. The number of rotatable bonds is 0. The number of amides is 2. The SMILES string of the molecule is CC1(N)C/C=C/CCCCC(=O)Nc2ccccc2S(=O)(=O)NC1=O. The van der Waals surface area contributed by atoms with Gasteiger partial charge in [-0.25, -0.2) is 13.1 Å². The summed E-state index contributed by atoms with van der Waals surface area (Å²) < 4.78 is 27.2. The molecule has 8 heteroatoms. The minimum Gasteiger partial charge on any atom is -0.325 e. The molecule has 0 radical (unpaired) electrons. The highest BCUT2D eigenvalue weighted by molar-refractivity contribution is 7.90. The van der Waals surface area contributed by atoms with Crippen LogP contribution in [0.5, 0.6) is 0 Å². The van der Waals surface area contributed by atoms with Gasteiger partial charge in [-0.1, -0.05) is 24.3 Å². The summed E-state index contributed by atoms with van der Waals surface area (Å²) in [5.74, 6) is -1.07. The summed E-state index contributed by atoms with van der Waals surface area (Å²) in [4.78, 5) is 24.2. The van der Waals surface area contributed by atoms with Gasteiger partial charge < -0.3 is 11.1 Å². The zero-order valence-electron chi connectivity index (χ0n) is 14.1. The summed E-state index contributed by atoms with van der Waals surface area (Å²) in [7, 11) is -4.16. The zero-order chi connectivity index (χ0) is 18.5. The van der Waals surface area contributed by atoms with Crippen molar-refractivity contribution in [1.29, 1.82) is 0 Å². The Bertz CT molecular complexity index is 785. The van der Waals surface area contributed by atoms with Crippen molar-refractivity contribution in [2.24, 2.45) is 5.73 Å². The quantitative estimate of drug-likeness (QED) is 0.604. The minimum absolute atomic E-state index is 0.138. The molecule has 1 heterocycles. The first-order chi connectivity index (χ1) is 11.7. The van der Waals surface area contributed by atoms with Crippen LogP contribution in [0.15, 0.2) is 41.3 Å². The van der Waals surface area contributed by atoms with Gasteiger partial charge in [0.1, 0.15) is 4.90 Å². The minimum atomic E-state index is -4.16. The highest BCUT2D eigenvalue weighted by Crippen LogP contribution is 2.22. The van der Waals surface area contributed by atoms with Gasteiger partial charge in [0.15, 0.2) is 0 Å². The summed E-state index contributed by atoms with van der Waals surface area (Å²) in [6.07, 6.45) is 6.43. The number of carbonyl (C=O) groups excluding carboxylic acids is 2. The van der Waals surface area contributed by atoms with Crippen LogP contribution < -0.4 is 15.8 Å². The largest absolute Gasteiger partial charge is 0.325 e. The Balaban J connectivity index is 2.39. The number of nitrogens with one attached hydrogen (secondary N) is 2. The van der Waals surface area contributed by atoms with Gasteiger partial charge in [-0.05, 0) is 44.7 Å². The molecule has 0 aromatic heterocycles. The molecule has 1 unspecified atom stereocenters. The topological polar surface area (TPSA) is 118 Å². The molecule has 2 amide bonds. The van der Waals surface area contributed by atoms with Crippen LogP contribution in [0.25, 0.3) is 0 Å². The van der Waals surface area contributed by atoms with Crippen molar-refractivity contribution in [2.45, 2.75) is 49.5 Å². The molecule has 0 saturated carbocycles. The number of hydrogen-bond donors (Lipinski definition) is 3. The maximum absolute atomic E-state index is 12.6. The van der Waals surface area contributed by atoms with Gasteiger partial charge in [0.05, 0.1) is 11.2 Å². The lowest BCUT2D eigenvalue weighted by atomic mass is 9.98. The average molecular weight is 365 g/mol. The summed E-state index contributed by atoms with van der Waals surface area (Å²) >= 11 is 0. The number of fused-ring (bicyclic) bond motifs is 1. The maximum atomic E-state index is 12.6. The Morgan fingerprint density at radius 1 is 1.12 bits per heavy atom. The van der Waals surface area contributed by atoms with Gasteiger partial charge in [0.2, 0.25) is 5.91 Å². The normalized spacial score (nSPS) is 26.3. The molecule has 0 saturated heterocycles. The maximum Gasteiger partial charge on any atom is 0.266 e. The predicted octanol–water partition coefficient (Wildman–Crippen LogP) is 1.67. The Labute approximate surface area is 147 Å². The molecule has 2 rings (SSSR count). The standard InChI is InChI=1S/C17H23N3O4S/c1-17(18)12-8-4-2-3-5-11-15(21)19-13-9-6-7-10-14(13)25(23,24)20-16(17)22/h4,6-10H,2-3,5,11-12,18H2,1H3,(H,19,21)(H,20,22)/b8-4+. The summed E-state index contributed by atoms with van der Waals surface area (Å²) in [5.41, 5.74) is 4.75. The lowest BCUT2D eigenvalue weighted by Crippen LogP contribution is -2.52. The highest BCUT2D eigenvalue weighted by atomic mass is 32.2. The van der Waals surface area contributed by atoms with Crippen LogP contribution in [0.4, 0.5) is 5.69 Å². The van der Waals surface area contributed by atoms with Gasteiger partial charge in [0.25, 0.3) is 15.9 Å². The summed E-state index contributed by atoms with van der Waals surface area (Å²) in [6.45, 7) is 1.48. The predicted molar refractivity (Wildman–Crippen MR) is 95.2 cm³/mol. The second-order valence-corrected chi connectivity index (χ2v) is 7.97. The molecule has 0 fully saturated rings. The highest BCUT2D eigenvalue weighted by Gasteiger charge is 2.32. The molecule has 1 aromatic carbocycles. The van der Waals surface area contributed by atoms with Crippen molar-refractivity contribution in [2.75, 3.05) is 5.32 Å². The first-order valence-electron chi connectivity index (χ1n) is 8.12. The van der Waals surface area contributed by atoms with Crippen LogP contribution in [0.1, 0.15) is 39.0 Å². The van der Waals surface area contributed by atoms with E-state index in [1.807, 2.05) is 10.8 Å². The molecule has 1 aliphatic heterocycles. The molecule has 1 aromatic rings. The molecular formula is C17H23N3O4S. The number of para-hydroxylation sites is 1. The number of anilines is 1. The second kappa shape index (κ2) is 7.79. The number of sulfonamides is 1. The molecule has 0 aliphatic carbocycles. The molecule has 0 bridgehead atoms. The van der Waals surface area contributed by atoms with E-state index in [1.54, 1.807) is 12.1 Å². The van der Waals surface area contributed by atoms with E-state index in [0.29, 0.717) is 12.8 Å². The van der Waals surface area contributed by atoms with Gasteiger partial charge in [-0.3, -0.25) is 9.59 Å². The van der Waals surface area contributed by atoms with Crippen molar-refractivity contribution < 1.29 is 18.0 Å². The van der Waals surface area contributed by atoms with Crippen LogP contribution in [0.2, 0.25) is 0 Å². The number of nitrogens with two attached hydrogens (primary N) is 1. The molecular weight excluding hydrogens is 342 g/mol. The number of benzene rings is 1. The zero-order valence-corrected chi connectivity index (χ0v) is 14.9. The third-order valence-electron chi connectivity index (χ3n) is 3.93. The van der Waals surface area contributed by atoms with Crippen molar-refractivity contribution >= 4 is 27.5 Å². The fourth-order valence-electron chi connectivity index (χ4n) is 2.40. The molecule has 25 heavy (non-hydrogen) atoms. The van der Waals surface area contributed by atoms with E-state index in [4.69, 9.17) is 5.73 Å². The van der Waals surface area contributed by atoms with Crippen LogP contribution in [-0.2, 0) is 19.6 Å². The molecule has 1 atom stereocenters. The van der Waals surface area contributed by atoms with Crippen molar-refractivity contribution in [3.05, 3.63) is 36.4 Å². The first-order valence-corrected chi connectivity index (χ1v) is 9.61. The third-order valence-corrected chi connectivity index (χ3v) is 5.32.